The molecule has 0 bridgehead atoms. The van der Waals surface area contributed by atoms with Crippen molar-refractivity contribution in [2.45, 2.75) is 45.7 Å². The first kappa shape index (κ1) is 12.7. The zero-order chi connectivity index (χ0) is 12.1. The SMILES string of the molecule is Cc1cnc(C(C)NC(=O)CCC(C)N)o1. The maximum Gasteiger partial charge on any atom is 0.220 e. The average molecular weight is 225 g/mol. The lowest BCUT2D eigenvalue weighted by atomic mass is 10.2. The van der Waals surface area contributed by atoms with E-state index in [1.807, 2.05) is 20.8 Å². The summed E-state index contributed by atoms with van der Waals surface area (Å²) < 4.78 is 5.32. The van der Waals surface area contributed by atoms with Crippen LogP contribution in [-0.2, 0) is 4.79 Å². The lowest BCUT2D eigenvalue weighted by Crippen LogP contribution is -2.28. The van der Waals surface area contributed by atoms with Crippen molar-refractivity contribution in [1.82, 2.24) is 10.3 Å². The molecular weight excluding hydrogens is 206 g/mol. The molecule has 0 spiro atoms. The molecule has 90 valence electrons. The number of carbonyl (C=O) groups is 1. The largest absolute Gasteiger partial charge is 0.444 e. The van der Waals surface area contributed by atoms with Crippen molar-refractivity contribution in [2.24, 2.45) is 5.73 Å². The fourth-order valence-corrected chi connectivity index (χ4v) is 1.31. The molecule has 0 aliphatic heterocycles. The summed E-state index contributed by atoms with van der Waals surface area (Å²) in [4.78, 5) is 15.6. The highest BCUT2D eigenvalue weighted by Crippen LogP contribution is 2.12. The molecule has 2 atom stereocenters. The number of aromatic nitrogens is 1. The van der Waals surface area contributed by atoms with E-state index in [-0.39, 0.29) is 18.0 Å². The minimum Gasteiger partial charge on any atom is -0.444 e. The van der Waals surface area contributed by atoms with Gasteiger partial charge in [0.2, 0.25) is 11.8 Å². The highest BCUT2D eigenvalue weighted by molar-refractivity contribution is 5.76. The summed E-state index contributed by atoms with van der Waals surface area (Å²) >= 11 is 0. The van der Waals surface area contributed by atoms with Crippen LogP contribution in [0.3, 0.4) is 0 Å². The molecule has 0 radical (unpaired) electrons. The number of nitrogens with two attached hydrogens (primary N) is 1. The topological polar surface area (TPSA) is 81.2 Å². The van der Waals surface area contributed by atoms with Gasteiger partial charge in [-0.15, -0.1) is 0 Å². The van der Waals surface area contributed by atoms with E-state index in [0.717, 1.165) is 5.76 Å². The monoisotopic (exact) mass is 225 g/mol. The third-order valence-corrected chi connectivity index (χ3v) is 2.21. The van der Waals surface area contributed by atoms with Crippen LogP contribution in [-0.4, -0.2) is 16.9 Å². The van der Waals surface area contributed by atoms with Gasteiger partial charge in [0.25, 0.3) is 0 Å². The fourth-order valence-electron chi connectivity index (χ4n) is 1.31. The fraction of sp³-hybridized carbons (Fsp3) is 0.636. The summed E-state index contributed by atoms with van der Waals surface area (Å²) in [5.74, 6) is 1.25. The number of nitrogens with zero attached hydrogens (tertiary/aromatic N) is 1. The van der Waals surface area contributed by atoms with E-state index in [0.29, 0.717) is 18.7 Å². The van der Waals surface area contributed by atoms with Gasteiger partial charge in [0, 0.05) is 12.5 Å². The quantitative estimate of drug-likeness (QED) is 0.791. The molecule has 1 heterocycles. The Bertz CT molecular complexity index is 347. The van der Waals surface area contributed by atoms with Gasteiger partial charge < -0.3 is 15.5 Å². The third kappa shape index (κ3) is 4.02. The minimum atomic E-state index is -0.200. The van der Waals surface area contributed by atoms with Crippen molar-refractivity contribution in [3.05, 3.63) is 17.8 Å². The van der Waals surface area contributed by atoms with Crippen LogP contribution in [0.15, 0.2) is 10.6 Å². The van der Waals surface area contributed by atoms with Gasteiger partial charge >= 0.3 is 0 Å². The van der Waals surface area contributed by atoms with Crippen molar-refractivity contribution in [3.63, 3.8) is 0 Å². The van der Waals surface area contributed by atoms with Gasteiger partial charge in [0.15, 0.2) is 0 Å². The standard InChI is InChI=1S/C11H19N3O2/c1-7(12)4-5-10(15)14-9(3)11-13-6-8(2)16-11/h6-7,9H,4-5,12H2,1-3H3,(H,14,15). The number of nitrogens with one attached hydrogen (secondary N) is 1. The number of amides is 1. The van der Waals surface area contributed by atoms with Crippen molar-refractivity contribution in [1.29, 1.82) is 0 Å². The van der Waals surface area contributed by atoms with Crippen LogP contribution in [0.2, 0.25) is 0 Å². The van der Waals surface area contributed by atoms with Gasteiger partial charge in [-0.1, -0.05) is 0 Å². The van der Waals surface area contributed by atoms with Crippen LogP contribution in [0, 0.1) is 6.92 Å². The van der Waals surface area contributed by atoms with Gasteiger partial charge in [-0.3, -0.25) is 4.79 Å². The van der Waals surface area contributed by atoms with Crippen LogP contribution in [0.5, 0.6) is 0 Å². The number of aryl methyl sites for hydroxylation is 1. The summed E-state index contributed by atoms with van der Waals surface area (Å²) in [5, 5.41) is 2.81. The summed E-state index contributed by atoms with van der Waals surface area (Å²) in [6.07, 6.45) is 2.75. The Kier molecular flexibility index (Phi) is 4.49. The van der Waals surface area contributed by atoms with Crippen molar-refractivity contribution in [2.75, 3.05) is 0 Å². The van der Waals surface area contributed by atoms with Gasteiger partial charge in [-0.05, 0) is 27.2 Å². The van der Waals surface area contributed by atoms with Crippen molar-refractivity contribution in [3.8, 4) is 0 Å². The maximum atomic E-state index is 11.5. The minimum absolute atomic E-state index is 0.0272. The molecular formula is C11H19N3O2. The summed E-state index contributed by atoms with van der Waals surface area (Å²) in [6, 6.07) is -0.153. The molecule has 0 fully saturated rings. The van der Waals surface area contributed by atoms with Gasteiger partial charge in [0.05, 0.1) is 6.20 Å². The Morgan fingerprint density at radius 1 is 1.62 bits per heavy atom. The Hall–Kier alpha value is -1.36. The molecule has 1 rings (SSSR count). The molecule has 0 aliphatic carbocycles. The highest BCUT2D eigenvalue weighted by atomic mass is 16.4. The zero-order valence-corrected chi connectivity index (χ0v) is 9.99. The molecule has 0 aromatic carbocycles. The summed E-state index contributed by atoms with van der Waals surface area (Å²) in [7, 11) is 0. The van der Waals surface area contributed by atoms with E-state index < -0.39 is 0 Å². The van der Waals surface area contributed by atoms with E-state index in [2.05, 4.69) is 10.3 Å². The van der Waals surface area contributed by atoms with Crippen molar-refractivity contribution >= 4 is 5.91 Å². The van der Waals surface area contributed by atoms with E-state index in [9.17, 15) is 4.79 Å². The van der Waals surface area contributed by atoms with Gasteiger partial charge in [0.1, 0.15) is 11.8 Å². The predicted molar refractivity (Wildman–Crippen MR) is 60.7 cm³/mol. The normalized spacial score (nSPS) is 14.5. The molecule has 5 nitrogen and oxygen atoms in total. The number of rotatable bonds is 5. The van der Waals surface area contributed by atoms with Gasteiger partial charge in [-0.25, -0.2) is 4.98 Å². The van der Waals surface area contributed by atoms with Crippen LogP contribution in [0.1, 0.15) is 44.4 Å². The van der Waals surface area contributed by atoms with E-state index in [1.165, 1.54) is 0 Å². The van der Waals surface area contributed by atoms with Crippen LogP contribution < -0.4 is 11.1 Å². The van der Waals surface area contributed by atoms with Crippen molar-refractivity contribution < 1.29 is 9.21 Å². The first-order valence-corrected chi connectivity index (χ1v) is 5.46. The second-order valence-electron chi connectivity index (χ2n) is 4.11. The first-order chi connectivity index (χ1) is 7.49. The maximum absolute atomic E-state index is 11.5. The van der Waals surface area contributed by atoms with Crippen LogP contribution >= 0.6 is 0 Å². The lowest BCUT2D eigenvalue weighted by Gasteiger charge is -2.11. The zero-order valence-electron chi connectivity index (χ0n) is 9.99. The molecule has 16 heavy (non-hydrogen) atoms. The number of carbonyl (C=O) groups excluding carboxylic acids is 1. The molecule has 1 aromatic rings. The second-order valence-corrected chi connectivity index (χ2v) is 4.11. The summed E-state index contributed by atoms with van der Waals surface area (Å²) in [6.45, 7) is 5.55. The Balaban J connectivity index is 2.39. The molecule has 0 aliphatic rings. The van der Waals surface area contributed by atoms with Gasteiger partial charge in [-0.2, -0.15) is 0 Å². The number of hydrogen-bond acceptors (Lipinski definition) is 4. The number of oxazole rings is 1. The highest BCUT2D eigenvalue weighted by Gasteiger charge is 2.14. The molecule has 1 aromatic heterocycles. The number of hydrogen-bond donors (Lipinski definition) is 2. The average Bonchev–Trinajstić information content (AvgIpc) is 2.62. The third-order valence-electron chi connectivity index (χ3n) is 2.21. The Morgan fingerprint density at radius 3 is 2.81 bits per heavy atom. The summed E-state index contributed by atoms with van der Waals surface area (Å²) in [5.41, 5.74) is 5.58. The second kappa shape index (κ2) is 5.65. The van der Waals surface area contributed by atoms with E-state index in [1.54, 1.807) is 6.20 Å². The molecule has 2 unspecified atom stereocenters. The molecule has 3 N–H and O–H groups in total. The lowest BCUT2D eigenvalue weighted by molar-refractivity contribution is -0.122. The van der Waals surface area contributed by atoms with Crippen LogP contribution in [0.4, 0.5) is 0 Å². The molecule has 0 saturated heterocycles. The smallest absolute Gasteiger partial charge is 0.220 e. The Labute approximate surface area is 95.4 Å². The predicted octanol–water partition coefficient (Wildman–Crippen LogP) is 1.29. The van der Waals surface area contributed by atoms with E-state index >= 15 is 0 Å². The first-order valence-electron chi connectivity index (χ1n) is 5.46. The molecule has 5 heteroatoms. The van der Waals surface area contributed by atoms with E-state index in [4.69, 9.17) is 10.2 Å². The molecule has 1 amide bonds. The van der Waals surface area contributed by atoms with Crippen LogP contribution in [0.25, 0.3) is 0 Å². The Morgan fingerprint density at radius 2 is 2.31 bits per heavy atom. The molecule has 0 saturated carbocycles.